The number of Topliss-reactive ketones (excluding diaryl/α,β-unsaturated/α-hetero) is 1. The number of hydrogen-bond donors (Lipinski definition) is 1. The van der Waals surface area contributed by atoms with E-state index in [1.807, 2.05) is 13.1 Å². The Bertz CT molecular complexity index is 1020. The van der Waals surface area contributed by atoms with Crippen LogP contribution >= 0.6 is 0 Å². The van der Waals surface area contributed by atoms with Gasteiger partial charge >= 0.3 is 0 Å². The van der Waals surface area contributed by atoms with Crippen LogP contribution in [0.25, 0.3) is 0 Å². The molecule has 1 N–H and O–H groups in total. The first-order chi connectivity index (χ1) is 14.2. The third kappa shape index (κ3) is 3.61. The lowest BCUT2D eigenvalue weighted by atomic mass is 9.98. The number of likely N-dealkylation sites (tertiary alicyclic amines) is 1. The Morgan fingerprint density at radius 3 is 2.47 bits per heavy atom. The molecule has 0 aromatic heterocycles. The number of hydrogen-bond acceptors (Lipinski definition) is 6. The molecule has 3 aliphatic rings. The van der Waals surface area contributed by atoms with Crippen LogP contribution in [0.3, 0.4) is 0 Å². The standard InChI is InChI=1S/C21H26N4O4S/c1-15(26)16-5-7-18(8-6-16)30(28,29)25-19(14-17-4-3-11-22-17)20(27)23-21(25)9-12-24(2)13-10-21/h4-8,11,19H,3,9-10,12-14H2,1-2H3,(H,23,27). The molecule has 1 spiro atoms. The van der Waals surface area contributed by atoms with E-state index >= 15 is 0 Å². The summed E-state index contributed by atoms with van der Waals surface area (Å²) in [5.74, 6) is -0.417. The molecular weight excluding hydrogens is 404 g/mol. The van der Waals surface area contributed by atoms with Gasteiger partial charge in [-0.3, -0.25) is 14.6 Å². The molecule has 30 heavy (non-hydrogen) atoms. The van der Waals surface area contributed by atoms with Crippen molar-refractivity contribution in [3.63, 3.8) is 0 Å². The van der Waals surface area contributed by atoms with Crippen molar-refractivity contribution < 1.29 is 18.0 Å². The SMILES string of the molecule is CC(=O)c1ccc(S(=O)(=O)N2C(CC3=CCC=N3)C(=O)NC23CCN(C)CC3)cc1. The molecule has 1 unspecified atom stereocenters. The fourth-order valence-corrected chi connectivity index (χ4v) is 6.30. The number of nitrogens with one attached hydrogen (secondary N) is 1. The third-order valence-electron chi connectivity index (χ3n) is 6.11. The van der Waals surface area contributed by atoms with Gasteiger partial charge in [0.1, 0.15) is 11.7 Å². The molecule has 8 nitrogen and oxygen atoms in total. The van der Waals surface area contributed by atoms with Gasteiger partial charge in [0.05, 0.1) is 4.90 Å². The van der Waals surface area contributed by atoms with Crippen LogP contribution in [0.15, 0.2) is 45.9 Å². The van der Waals surface area contributed by atoms with Crippen LogP contribution in [0, 0.1) is 0 Å². The number of carbonyl (C=O) groups excluding carboxylic acids is 2. The van der Waals surface area contributed by atoms with E-state index in [0.29, 0.717) is 37.9 Å². The minimum Gasteiger partial charge on any atom is -0.335 e. The molecule has 2 fully saturated rings. The van der Waals surface area contributed by atoms with Crippen molar-refractivity contribution in [2.45, 2.75) is 49.2 Å². The van der Waals surface area contributed by atoms with Gasteiger partial charge in [0.2, 0.25) is 15.9 Å². The molecule has 3 aliphatic heterocycles. The van der Waals surface area contributed by atoms with Gasteiger partial charge in [-0.05, 0) is 38.9 Å². The maximum absolute atomic E-state index is 13.8. The van der Waals surface area contributed by atoms with Crippen LogP contribution in [0.1, 0.15) is 43.0 Å². The Hall–Kier alpha value is -2.36. The van der Waals surface area contributed by atoms with E-state index in [9.17, 15) is 18.0 Å². The normalized spacial score (nSPS) is 24.3. The fourth-order valence-electron chi connectivity index (χ4n) is 4.40. The molecule has 1 aromatic rings. The van der Waals surface area contributed by atoms with E-state index in [2.05, 4.69) is 15.2 Å². The van der Waals surface area contributed by atoms with E-state index in [-0.39, 0.29) is 23.0 Å². The Balaban J connectivity index is 1.75. The number of aliphatic imine (C=N–C) groups is 1. The fraction of sp³-hybridized carbons (Fsp3) is 0.476. The summed E-state index contributed by atoms with van der Waals surface area (Å²) in [6.07, 6.45) is 5.63. The van der Waals surface area contributed by atoms with Crippen molar-refractivity contribution in [3.05, 3.63) is 41.6 Å². The van der Waals surface area contributed by atoms with E-state index in [0.717, 1.165) is 5.70 Å². The number of nitrogens with zero attached hydrogens (tertiary/aromatic N) is 3. The summed E-state index contributed by atoms with van der Waals surface area (Å²) in [6, 6.07) is 5.07. The zero-order chi connectivity index (χ0) is 21.5. The lowest BCUT2D eigenvalue weighted by molar-refractivity contribution is -0.121. The van der Waals surface area contributed by atoms with Crippen molar-refractivity contribution in [2.24, 2.45) is 4.99 Å². The summed E-state index contributed by atoms with van der Waals surface area (Å²) in [5, 5.41) is 3.02. The monoisotopic (exact) mass is 430 g/mol. The van der Waals surface area contributed by atoms with E-state index in [4.69, 9.17) is 0 Å². The lowest BCUT2D eigenvalue weighted by Gasteiger charge is -2.43. The van der Waals surface area contributed by atoms with E-state index in [1.54, 1.807) is 6.21 Å². The number of sulfonamides is 1. The van der Waals surface area contributed by atoms with Gasteiger partial charge in [0.25, 0.3) is 0 Å². The molecule has 0 saturated carbocycles. The largest absolute Gasteiger partial charge is 0.335 e. The predicted molar refractivity (Wildman–Crippen MR) is 113 cm³/mol. The van der Waals surface area contributed by atoms with Gasteiger partial charge in [-0.1, -0.05) is 18.2 Å². The predicted octanol–water partition coefficient (Wildman–Crippen LogP) is 1.55. The number of allylic oxidation sites excluding steroid dienone is 1. The smallest absolute Gasteiger partial charge is 0.245 e. The molecule has 9 heteroatoms. The van der Waals surface area contributed by atoms with Crippen LogP contribution in [-0.2, 0) is 14.8 Å². The number of ketones is 1. The number of rotatable bonds is 5. The molecule has 0 bridgehead atoms. The Labute approximate surface area is 176 Å². The molecule has 1 atom stereocenters. The second-order valence-corrected chi connectivity index (χ2v) is 9.98. The molecule has 2 saturated heterocycles. The first kappa shape index (κ1) is 20.9. The second kappa shape index (κ2) is 7.72. The van der Waals surface area contributed by atoms with Crippen molar-refractivity contribution in [2.75, 3.05) is 20.1 Å². The average Bonchev–Trinajstić information content (AvgIpc) is 3.31. The molecule has 0 radical (unpaired) electrons. The lowest BCUT2D eigenvalue weighted by Crippen LogP contribution is -2.60. The topological polar surface area (TPSA) is 99.1 Å². The zero-order valence-corrected chi connectivity index (χ0v) is 18.0. The first-order valence-electron chi connectivity index (χ1n) is 10.1. The zero-order valence-electron chi connectivity index (χ0n) is 17.2. The summed E-state index contributed by atoms with van der Waals surface area (Å²) >= 11 is 0. The van der Waals surface area contributed by atoms with Gasteiger partial charge in [-0.2, -0.15) is 4.31 Å². The first-order valence-corrected chi connectivity index (χ1v) is 11.5. The van der Waals surface area contributed by atoms with Crippen molar-refractivity contribution in [1.29, 1.82) is 0 Å². The molecule has 160 valence electrons. The van der Waals surface area contributed by atoms with Crippen LogP contribution in [0.2, 0.25) is 0 Å². The van der Waals surface area contributed by atoms with E-state index < -0.39 is 21.7 Å². The Morgan fingerprint density at radius 2 is 1.90 bits per heavy atom. The molecule has 4 rings (SSSR count). The minimum absolute atomic E-state index is 0.0798. The Morgan fingerprint density at radius 1 is 1.23 bits per heavy atom. The van der Waals surface area contributed by atoms with Crippen LogP contribution in [0.5, 0.6) is 0 Å². The number of amides is 1. The summed E-state index contributed by atoms with van der Waals surface area (Å²) in [4.78, 5) is 31.1. The highest BCUT2D eigenvalue weighted by Crippen LogP contribution is 2.39. The maximum Gasteiger partial charge on any atom is 0.245 e. The Kier molecular flexibility index (Phi) is 5.37. The second-order valence-electron chi connectivity index (χ2n) is 8.17. The molecule has 1 aromatic carbocycles. The minimum atomic E-state index is -3.99. The van der Waals surface area contributed by atoms with Crippen LogP contribution < -0.4 is 5.32 Å². The highest BCUT2D eigenvalue weighted by Gasteiger charge is 2.57. The van der Waals surface area contributed by atoms with Gasteiger partial charge < -0.3 is 10.2 Å². The highest BCUT2D eigenvalue weighted by atomic mass is 32.2. The molecule has 1 amide bonds. The highest BCUT2D eigenvalue weighted by molar-refractivity contribution is 7.89. The van der Waals surface area contributed by atoms with Crippen molar-refractivity contribution in [3.8, 4) is 0 Å². The summed E-state index contributed by atoms with van der Waals surface area (Å²) in [7, 11) is -2.00. The van der Waals surface area contributed by atoms with Crippen molar-refractivity contribution in [1.82, 2.24) is 14.5 Å². The quantitative estimate of drug-likeness (QED) is 0.715. The number of benzene rings is 1. The van der Waals surface area contributed by atoms with Gasteiger partial charge in [0, 0.05) is 43.4 Å². The van der Waals surface area contributed by atoms with Gasteiger partial charge in [0.15, 0.2) is 5.78 Å². The summed E-state index contributed by atoms with van der Waals surface area (Å²) < 4.78 is 28.9. The van der Waals surface area contributed by atoms with Crippen molar-refractivity contribution >= 4 is 27.9 Å². The molecule has 3 heterocycles. The third-order valence-corrected chi connectivity index (χ3v) is 8.10. The summed E-state index contributed by atoms with van der Waals surface area (Å²) in [5.41, 5.74) is 0.225. The number of carbonyl (C=O) groups is 2. The molecule has 0 aliphatic carbocycles. The van der Waals surface area contributed by atoms with Gasteiger partial charge in [-0.15, -0.1) is 0 Å². The van der Waals surface area contributed by atoms with Crippen LogP contribution in [0.4, 0.5) is 0 Å². The molecular formula is C21H26N4O4S. The van der Waals surface area contributed by atoms with Gasteiger partial charge in [-0.25, -0.2) is 8.42 Å². The average molecular weight is 431 g/mol. The number of piperidine rings is 1. The van der Waals surface area contributed by atoms with Crippen LogP contribution in [-0.4, -0.2) is 67.4 Å². The summed E-state index contributed by atoms with van der Waals surface area (Å²) in [6.45, 7) is 2.80. The maximum atomic E-state index is 13.8. The van der Waals surface area contributed by atoms with E-state index in [1.165, 1.54) is 35.5 Å².